The second-order valence-corrected chi connectivity index (χ2v) is 2.57. The molecule has 0 aliphatic carbocycles. The number of rotatable bonds is 0. The van der Waals surface area contributed by atoms with E-state index in [1.165, 1.54) is 5.39 Å². The molecule has 54 valence electrons. The number of fused-ring (bicyclic) bond motifs is 1. The van der Waals surface area contributed by atoms with Gasteiger partial charge in [0.2, 0.25) is 0 Å². The molecule has 12 heavy (non-hydrogen) atoms. The summed E-state index contributed by atoms with van der Waals surface area (Å²) >= 11 is 0. The third-order valence-electron chi connectivity index (χ3n) is 1.82. The molecule has 0 amide bonds. The molecule has 2 rings (SSSR count). The van der Waals surface area contributed by atoms with Crippen LogP contribution in [0.5, 0.6) is 0 Å². The summed E-state index contributed by atoms with van der Waals surface area (Å²) in [5, 5.41) is 2.34. The molecule has 0 bridgehead atoms. The largest absolute Gasteiger partial charge is 1.00 e. The standard InChI is InChI=1S/C10H9N.Na/c11-10-7-3-5-8-4-1-2-6-9(8)10;/h1-7H,11H2;/q;+1. The molecule has 0 spiro atoms. The Hall–Kier alpha value is -0.500. The van der Waals surface area contributed by atoms with E-state index >= 15 is 0 Å². The Kier molecular flexibility index (Phi) is 3.15. The van der Waals surface area contributed by atoms with E-state index in [9.17, 15) is 0 Å². The molecule has 0 atom stereocenters. The number of nitrogen functional groups attached to an aromatic ring is 1. The molecule has 0 aliphatic rings. The van der Waals surface area contributed by atoms with Gasteiger partial charge in [0.05, 0.1) is 0 Å². The van der Waals surface area contributed by atoms with E-state index in [0.29, 0.717) is 0 Å². The topological polar surface area (TPSA) is 26.0 Å². The zero-order valence-corrected chi connectivity index (χ0v) is 9.12. The van der Waals surface area contributed by atoms with Gasteiger partial charge in [-0.25, -0.2) is 0 Å². The van der Waals surface area contributed by atoms with Gasteiger partial charge in [-0.1, -0.05) is 36.4 Å². The number of anilines is 1. The van der Waals surface area contributed by atoms with Crippen molar-refractivity contribution in [3.63, 3.8) is 0 Å². The summed E-state index contributed by atoms with van der Waals surface area (Å²) in [4.78, 5) is 0. The van der Waals surface area contributed by atoms with Crippen molar-refractivity contribution < 1.29 is 29.6 Å². The van der Waals surface area contributed by atoms with Crippen LogP contribution in [0.3, 0.4) is 0 Å². The molecule has 0 saturated heterocycles. The van der Waals surface area contributed by atoms with Crippen molar-refractivity contribution in [3.8, 4) is 0 Å². The molecule has 2 N–H and O–H groups in total. The third-order valence-corrected chi connectivity index (χ3v) is 1.82. The van der Waals surface area contributed by atoms with Gasteiger partial charge >= 0.3 is 29.6 Å². The molecule has 0 heterocycles. The summed E-state index contributed by atoms with van der Waals surface area (Å²) in [6.45, 7) is 0. The Morgan fingerprint density at radius 1 is 0.833 bits per heavy atom. The van der Waals surface area contributed by atoms with Crippen LogP contribution in [0.25, 0.3) is 10.8 Å². The first-order chi connectivity index (χ1) is 5.38. The zero-order chi connectivity index (χ0) is 7.68. The van der Waals surface area contributed by atoms with E-state index in [0.717, 1.165) is 11.1 Å². The second kappa shape index (κ2) is 3.94. The first kappa shape index (κ1) is 9.59. The molecule has 0 unspecified atom stereocenters. The van der Waals surface area contributed by atoms with Crippen LogP contribution in [0.4, 0.5) is 5.69 Å². The first-order valence-corrected chi connectivity index (χ1v) is 3.61. The van der Waals surface area contributed by atoms with Gasteiger partial charge in [0, 0.05) is 11.1 Å². The summed E-state index contributed by atoms with van der Waals surface area (Å²) in [5.41, 5.74) is 6.61. The number of benzene rings is 2. The smallest absolute Gasteiger partial charge is 0.398 e. The Morgan fingerprint density at radius 2 is 1.50 bits per heavy atom. The molecule has 1 nitrogen and oxygen atoms in total. The van der Waals surface area contributed by atoms with Gasteiger partial charge in [-0.2, -0.15) is 0 Å². The van der Waals surface area contributed by atoms with Crippen LogP contribution in [0, 0.1) is 0 Å². The fraction of sp³-hybridized carbons (Fsp3) is 0. The van der Waals surface area contributed by atoms with Gasteiger partial charge in [0.15, 0.2) is 0 Å². The van der Waals surface area contributed by atoms with Crippen molar-refractivity contribution in [2.24, 2.45) is 0 Å². The van der Waals surface area contributed by atoms with Crippen molar-refractivity contribution in [2.45, 2.75) is 0 Å². The van der Waals surface area contributed by atoms with E-state index in [4.69, 9.17) is 5.73 Å². The van der Waals surface area contributed by atoms with Gasteiger partial charge in [-0.3, -0.25) is 0 Å². The van der Waals surface area contributed by atoms with Crippen molar-refractivity contribution >= 4 is 16.5 Å². The van der Waals surface area contributed by atoms with E-state index in [1.54, 1.807) is 0 Å². The van der Waals surface area contributed by atoms with Crippen LogP contribution in [-0.4, -0.2) is 0 Å². The van der Waals surface area contributed by atoms with Crippen LogP contribution in [-0.2, 0) is 0 Å². The van der Waals surface area contributed by atoms with Crippen LogP contribution < -0.4 is 35.3 Å². The minimum Gasteiger partial charge on any atom is -0.398 e. The van der Waals surface area contributed by atoms with Crippen molar-refractivity contribution in [3.05, 3.63) is 42.5 Å². The zero-order valence-electron chi connectivity index (χ0n) is 7.12. The Balaban J connectivity index is 0.000000720. The van der Waals surface area contributed by atoms with Gasteiger partial charge < -0.3 is 5.73 Å². The molecule has 0 radical (unpaired) electrons. The van der Waals surface area contributed by atoms with E-state index in [1.807, 2.05) is 30.3 Å². The maximum absolute atomic E-state index is 5.76. The molecule has 0 aromatic heterocycles. The minimum absolute atomic E-state index is 0. The summed E-state index contributed by atoms with van der Waals surface area (Å²) in [5.74, 6) is 0. The summed E-state index contributed by atoms with van der Waals surface area (Å²) in [7, 11) is 0. The SMILES string of the molecule is Nc1cccc2ccccc12.[Na+]. The molecular weight excluding hydrogens is 157 g/mol. The number of hydrogen-bond acceptors (Lipinski definition) is 1. The number of nitrogens with two attached hydrogens (primary N) is 1. The Labute approximate surface area is 93.9 Å². The molecule has 2 aromatic carbocycles. The molecule has 0 saturated carbocycles. The molecule has 2 heteroatoms. The van der Waals surface area contributed by atoms with E-state index in [2.05, 4.69) is 12.1 Å². The monoisotopic (exact) mass is 166 g/mol. The van der Waals surface area contributed by atoms with Crippen molar-refractivity contribution in [1.29, 1.82) is 0 Å². The van der Waals surface area contributed by atoms with Gasteiger partial charge in [0.1, 0.15) is 0 Å². The third kappa shape index (κ3) is 1.63. The fourth-order valence-electron chi connectivity index (χ4n) is 1.25. The predicted octanol–water partition coefficient (Wildman–Crippen LogP) is -0.574. The van der Waals surface area contributed by atoms with Gasteiger partial charge in [0.25, 0.3) is 0 Å². The average molecular weight is 166 g/mol. The molecular formula is C10H9NNa+. The van der Waals surface area contributed by atoms with Gasteiger partial charge in [-0.05, 0) is 11.5 Å². The molecule has 0 fully saturated rings. The van der Waals surface area contributed by atoms with Crippen LogP contribution >= 0.6 is 0 Å². The first-order valence-electron chi connectivity index (χ1n) is 3.61. The summed E-state index contributed by atoms with van der Waals surface area (Å²) in [6.07, 6.45) is 0. The fourth-order valence-corrected chi connectivity index (χ4v) is 1.25. The summed E-state index contributed by atoms with van der Waals surface area (Å²) in [6, 6.07) is 14.1. The van der Waals surface area contributed by atoms with Crippen LogP contribution in [0.2, 0.25) is 0 Å². The van der Waals surface area contributed by atoms with Crippen molar-refractivity contribution in [1.82, 2.24) is 0 Å². The minimum atomic E-state index is 0. The molecule has 0 aliphatic heterocycles. The van der Waals surface area contributed by atoms with Crippen molar-refractivity contribution in [2.75, 3.05) is 5.73 Å². The maximum Gasteiger partial charge on any atom is 1.00 e. The Bertz CT molecular complexity index is 379. The summed E-state index contributed by atoms with van der Waals surface area (Å²) < 4.78 is 0. The second-order valence-electron chi connectivity index (χ2n) is 2.57. The molecule has 2 aromatic rings. The van der Waals surface area contributed by atoms with Gasteiger partial charge in [-0.15, -0.1) is 0 Å². The van der Waals surface area contributed by atoms with Crippen LogP contribution in [0.1, 0.15) is 0 Å². The predicted molar refractivity (Wildman–Crippen MR) is 48.4 cm³/mol. The van der Waals surface area contributed by atoms with E-state index in [-0.39, 0.29) is 29.6 Å². The Morgan fingerprint density at radius 3 is 2.25 bits per heavy atom. The average Bonchev–Trinajstić information content (AvgIpc) is 2.06. The maximum atomic E-state index is 5.76. The van der Waals surface area contributed by atoms with Crippen LogP contribution in [0.15, 0.2) is 42.5 Å². The normalized spacial score (nSPS) is 9.33. The van der Waals surface area contributed by atoms with E-state index < -0.39 is 0 Å². The quantitative estimate of drug-likeness (QED) is 0.411. The number of hydrogen-bond donors (Lipinski definition) is 1.